The quantitative estimate of drug-likeness (QED) is 0.870. The van der Waals surface area contributed by atoms with E-state index in [9.17, 15) is 4.79 Å². The van der Waals surface area contributed by atoms with Crippen molar-refractivity contribution in [1.82, 2.24) is 24.5 Å². The van der Waals surface area contributed by atoms with E-state index >= 15 is 0 Å². The Morgan fingerprint density at radius 3 is 2.82 bits per heavy atom. The maximum atomic E-state index is 12.7. The molecule has 0 spiro atoms. The van der Waals surface area contributed by atoms with Crippen molar-refractivity contribution in [2.24, 2.45) is 7.05 Å². The number of nitrogens with zero attached hydrogens (tertiary/aromatic N) is 5. The van der Waals surface area contributed by atoms with Crippen molar-refractivity contribution in [3.8, 4) is 0 Å². The molecule has 1 amide bonds. The van der Waals surface area contributed by atoms with E-state index in [0.29, 0.717) is 5.56 Å². The van der Waals surface area contributed by atoms with Crippen molar-refractivity contribution in [2.45, 2.75) is 45.7 Å². The smallest absolute Gasteiger partial charge is 0.257 e. The minimum atomic E-state index is 0.0827. The predicted octanol–water partition coefficient (Wildman–Crippen LogP) is 1.93. The molecule has 0 aromatic carbocycles. The summed E-state index contributed by atoms with van der Waals surface area (Å²) in [5, 5.41) is 8.65. The molecule has 0 N–H and O–H groups in total. The summed E-state index contributed by atoms with van der Waals surface area (Å²) in [7, 11) is 1.83. The van der Waals surface area contributed by atoms with Gasteiger partial charge in [-0.3, -0.25) is 14.2 Å². The summed E-state index contributed by atoms with van der Waals surface area (Å²) in [6, 6.07) is 2.29. The minimum absolute atomic E-state index is 0.0827. The fourth-order valence-corrected chi connectivity index (χ4v) is 3.21. The summed E-state index contributed by atoms with van der Waals surface area (Å²) in [5.41, 5.74) is 2.85. The fraction of sp³-hybridized carbons (Fsp3) is 0.562. The Bertz CT molecular complexity index is 672. The zero-order valence-corrected chi connectivity index (χ0v) is 13.5. The Hall–Kier alpha value is -2.11. The van der Waals surface area contributed by atoms with E-state index in [1.165, 1.54) is 6.42 Å². The van der Waals surface area contributed by atoms with Crippen LogP contribution in [0.2, 0.25) is 0 Å². The number of amides is 1. The number of hydrogen-bond donors (Lipinski definition) is 0. The Morgan fingerprint density at radius 1 is 1.36 bits per heavy atom. The third kappa shape index (κ3) is 2.91. The summed E-state index contributed by atoms with van der Waals surface area (Å²) in [6.07, 6.45) is 6.71. The first-order valence-corrected chi connectivity index (χ1v) is 7.85. The molecule has 1 atom stereocenters. The van der Waals surface area contributed by atoms with Crippen molar-refractivity contribution < 1.29 is 4.79 Å². The molecule has 0 bridgehead atoms. The lowest BCUT2D eigenvalue weighted by Crippen LogP contribution is -2.46. The molecule has 22 heavy (non-hydrogen) atoms. The molecule has 2 aromatic rings. The van der Waals surface area contributed by atoms with Gasteiger partial charge in [-0.2, -0.15) is 10.2 Å². The van der Waals surface area contributed by atoms with E-state index in [2.05, 4.69) is 23.2 Å². The van der Waals surface area contributed by atoms with Crippen LogP contribution in [0.1, 0.15) is 41.0 Å². The summed E-state index contributed by atoms with van der Waals surface area (Å²) < 4.78 is 3.70. The van der Waals surface area contributed by atoms with Crippen LogP contribution in [0.15, 0.2) is 18.5 Å². The number of carbonyl (C=O) groups is 1. The van der Waals surface area contributed by atoms with E-state index in [1.807, 2.05) is 23.6 Å². The first kappa shape index (κ1) is 14.8. The Balaban J connectivity index is 1.79. The highest BCUT2D eigenvalue weighted by molar-refractivity contribution is 5.94. The van der Waals surface area contributed by atoms with Crippen molar-refractivity contribution in [2.75, 3.05) is 6.54 Å². The third-order valence-electron chi connectivity index (χ3n) is 4.33. The summed E-state index contributed by atoms with van der Waals surface area (Å²) in [6.45, 7) is 5.66. The molecular weight excluding hydrogens is 278 g/mol. The van der Waals surface area contributed by atoms with E-state index in [1.54, 1.807) is 17.1 Å². The fourth-order valence-electron chi connectivity index (χ4n) is 3.21. The van der Waals surface area contributed by atoms with E-state index < -0.39 is 0 Å². The number of aromatic nitrogens is 4. The number of aryl methyl sites for hydroxylation is 3. The maximum Gasteiger partial charge on any atom is 0.257 e. The minimum Gasteiger partial charge on any atom is -0.334 e. The molecule has 3 heterocycles. The Morgan fingerprint density at radius 2 is 2.18 bits per heavy atom. The van der Waals surface area contributed by atoms with Gasteiger partial charge in [0.15, 0.2) is 0 Å². The third-order valence-corrected chi connectivity index (χ3v) is 4.33. The number of hydrogen-bond acceptors (Lipinski definition) is 3. The average Bonchev–Trinajstić information content (AvgIpc) is 3.05. The molecule has 6 heteroatoms. The second kappa shape index (κ2) is 5.94. The molecule has 0 aliphatic carbocycles. The van der Waals surface area contributed by atoms with Crippen LogP contribution in [-0.2, 0) is 13.6 Å². The van der Waals surface area contributed by atoms with Crippen LogP contribution < -0.4 is 0 Å². The number of likely N-dealkylation sites (tertiary alicyclic amines) is 1. The second-order valence-corrected chi connectivity index (χ2v) is 6.16. The summed E-state index contributed by atoms with van der Waals surface area (Å²) in [4.78, 5) is 14.7. The molecule has 0 saturated carbocycles. The van der Waals surface area contributed by atoms with Gasteiger partial charge in [-0.1, -0.05) is 0 Å². The predicted molar refractivity (Wildman–Crippen MR) is 83.6 cm³/mol. The van der Waals surface area contributed by atoms with Crippen molar-refractivity contribution in [3.05, 3.63) is 35.4 Å². The molecule has 1 aliphatic heterocycles. The van der Waals surface area contributed by atoms with Gasteiger partial charge in [-0.15, -0.1) is 0 Å². The molecule has 6 nitrogen and oxygen atoms in total. The number of rotatable bonds is 3. The second-order valence-electron chi connectivity index (χ2n) is 6.16. The standard InChI is InChI=1S/C16H23N5O/c1-12-8-13(2)21(18-12)11-15-6-4-5-7-20(15)16(22)14-9-17-19(3)10-14/h8-10,15H,4-7,11H2,1-3H3/t15-/m1/s1. The first-order valence-electron chi connectivity index (χ1n) is 7.85. The lowest BCUT2D eigenvalue weighted by molar-refractivity contribution is 0.0582. The molecule has 1 saturated heterocycles. The normalized spacial score (nSPS) is 18.7. The van der Waals surface area contributed by atoms with E-state index in [-0.39, 0.29) is 11.9 Å². The van der Waals surface area contributed by atoms with Gasteiger partial charge < -0.3 is 4.90 Å². The van der Waals surface area contributed by atoms with Gasteiger partial charge >= 0.3 is 0 Å². The molecular formula is C16H23N5O. The average molecular weight is 301 g/mol. The van der Waals surface area contributed by atoms with Gasteiger partial charge in [-0.25, -0.2) is 0 Å². The van der Waals surface area contributed by atoms with Crippen LogP contribution in [-0.4, -0.2) is 43.0 Å². The highest BCUT2D eigenvalue weighted by Crippen LogP contribution is 2.21. The zero-order chi connectivity index (χ0) is 15.7. The van der Waals surface area contributed by atoms with Crippen molar-refractivity contribution >= 4 is 5.91 Å². The number of piperidine rings is 1. The van der Waals surface area contributed by atoms with Crippen LogP contribution in [0.5, 0.6) is 0 Å². The van der Waals surface area contributed by atoms with Gasteiger partial charge in [0.2, 0.25) is 0 Å². The van der Waals surface area contributed by atoms with Crippen LogP contribution in [0, 0.1) is 13.8 Å². The molecule has 2 aromatic heterocycles. The van der Waals surface area contributed by atoms with Gasteiger partial charge in [0, 0.05) is 25.5 Å². The van der Waals surface area contributed by atoms with E-state index in [4.69, 9.17) is 0 Å². The van der Waals surface area contributed by atoms with Crippen LogP contribution in [0.25, 0.3) is 0 Å². The zero-order valence-electron chi connectivity index (χ0n) is 13.5. The molecule has 1 fully saturated rings. The lowest BCUT2D eigenvalue weighted by Gasteiger charge is -2.35. The first-order chi connectivity index (χ1) is 10.5. The van der Waals surface area contributed by atoms with Gasteiger partial charge in [0.05, 0.1) is 30.0 Å². The molecule has 1 aliphatic rings. The molecule has 118 valence electrons. The van der Waals surface area contributed by atoms with Crippen LogP contribution >= 0.6 is 0 Å². The van der Waals surface area contributed by atoms with Crippen LogP contribution in [0.3, 0.4) is 0 Å². The monoisotopic (exact) mass is 301 g/mol. The largest absolute Gasteiger partial charge is 0.334 e. The molecule has 0 radical (unpaired) electrons. The highest BCUT2D eigenvalue weighted by atomic mass is 16.2. The Kier molecular flexibility index (Phi) is 4.00. The summed E-state index contributed by atoms with van der Waals surface area (Å²) in [5.74, 6) is 0.0827. The summed E-state index contributed by atoms with van der Waals surface area (Å²) >= 11 is 0. The Labute approximate surface area is 130 Å². The van der Waals surface area contributed by atoms with Crippen molar-refractivity contribution in [1.29, 1.82) is 0 Å². The van der Waals surface area contributed by atoms with Crippen molar-refractivity contribution in [3.63, 3.8) is 0 Å². The topological polar surface area (TPSA) is 56.0 Å². The van der Waals surface area contributed by atoms with Crippen LogP contribution in [0.4, 0.5) is 0 Å². The van der Waals surface area contributed by atoms with Gasteiger partial charge in [0.25, 0.3) is 5.91 Å². The van der Waals surface area contributed by atoms with E-state index in [0.717, 1.165) is 37.3 Å². The SMILES string of the molecule is Cc1cc(C)n(C[C@H]2CCCCN2C(=O)c2cnn(C)c2)n1. The molecule has 3 rings (SSSR count). The van der Waals surface area contributed by atoms with Gasteiger partial charge in [-0.05, 0) is 39.2 Å². The van der Waals surface area contributed by atoms with Gasteiger partial charge in [0.1, 0.15) is 0 Å². The number of carbonyl (C=O) groups excluding carboxylic acids is 1. The lowest BCUT2D eigenvalue weighted by atomic mass is 10.0. The maximum absolute atomic E-state index is 12.7. The highest BCUT2D eigenvalue weighted by Gasteiger charge is 2.28. The molecule has 0 unspecified atom stereocenters.